The van der Waals surface area contributed by atoms with E-state index in [1.807, 2.05) is 0 Å². The van der Waals surface area contributed by atoms with Gasteiger partial charge in [0.05, 0.1) is 12.5 Å². The molecule has 2 aromatic rings. The van der Waals surface area contributed by atoms with Gasteiger partial charge in [-0.25, -0.2) is 4.98 Å². The Morgan fingerprint density at radius 3 is 2.65 bits per heavy atom. The van der Waals surface area contributed by atoms with Gasteiger partial charge in [0.25, 0.3) is 0 Å². The smallest absolute Gasteiger partial charge is 0.154 e. The number of aromatic amines is 1. The monoisotopic (exact) mass is 224 g/mol. The zero-order chi connectivity index (χ0) is 11.7. The number of rotatable bonds is 2. The molecule has 1 aromatic carbocycles. The molecule has 0 aliphatic heterocycles. The highest BCUT2D eigenvalue weighted by atomic mass is 15.2. The van der Waals surface area contributed by atoms with Crippen LogP contribution in [0.25, 0.3) is 0 Å². The molecule has 0 radical (unpaired) electrons. The Morgan fingerprint density at radius 2 is 2.00 bits per heavy atom. The molecule has 0 atom stereocenters. The third kappa shape index (κ3) is 1.80. The van der Waals surface area contributed by atoms with Crippen molar-refractivity contribution in [2.45, 2.75) is 25.2 Å². The fraction of sp³-hybridized carbons (Fsp3) is 0.308. The molecule has 0 saturated heterocycles. The van der Waals surface area contributed by atoms with Gasteiger partial charge in [0, 0.05) is 5.92 Å². The maximum atomic E-state index is 8.60. The SMILES string of the molecule is N#CCc1nc(C2Cc3ccccc3C2)n[nH]1. The van der Waals surface area contributed by atoms with Gasteiger partial charge in [-0.15, -0.1) is 0 Å². The summed E-state index contributed by atoms with van der Waals surface area (Å²) in [5.41, 5.74) is 2.79. The fourth-order valence-corrected chi connectivity index (χ4v) is 2.39. The predicted octanol–water partition coefficient (Wildman–Crippen LogP) is 1.75. The van der Waals surface area contributed by atoms with Gasteiger partial charge in [-0.05, 0) is 24.0 Å². The standard InChI is InChI=1S/C13H12N4/c14-6-5-12-15-13(17-16-12)11-7-9-3-1-2-4-10(9)8-11/h1-4,11H,5,7-8H2,(H,15,16,17). The molecule has 1 aliphatic carbocycles. The van der Waals surface area contributed by atoms with Crippen molar-refractivity contribution in [3.05, 3.63) is 47.0 Å². The third-order valence-electron chi connectivity index (χ3n) is 3.21. The maximum Gasteiger partial charge on any atom is 0.154 e. The maximum absolute atomic E-state index is 8.60. The minimum absolute atomic E-state index is 0.298. The summed E-state index contributed by atoms with van der Waals surface area (Å²) in [5.74, 6) is 1.86. The molecule has 1 N–H and O–H groups in total. The molecule has 84 valence electrons. The van der Waals surface area contributed by atoms with E-state index in [2.05, 4.69) is 45.5 Å². The molecule has 3 rings (SSSR count). The Balaban J connectivity index is 1.82. The van der Waals surface area contributed by atoms with Crippen LogP contribution in [0, 0.1) is 11.3 Å². The van der Waals surface area contributed by atoms with Crippen LogP contribution in [0.1, 0.15) is 28.7 Å². The molecule has 0 spiro atoms. The molecule has 1 heterocycles. The highest BCUT2D eigenvalue weighted by Gasteiger charge is 2.25. The van der Waals surface area contributed by atoms with Crippen molar-refractivity contribution in [3.8, 4) is 6.07 Å². The van der Waals surface area contributed by atoms with Gasteiger partial charge >= 0.3 is 0 Å². The van der Waals surface area contributed by atoms with E-state index in [1.165, 1.54) is 11.1 Å². The fourth-order valence-electron chi connectivity index (χ4n) is 2.39. The van der Waals surface area contributed by atoms with E-state index in [0.29, 0.717) is 18.2 Å². The summed E-state index contributed by atoms with van der Waals surface area (Å²) in [4.78, 5) is 4.38. The summed E-state index contributed by atoms with van der Waals surface area (Å²) in [6.07, 6.45) is 2.30. The lowest BCUT2D eigenvalue weighted by atomic mass is 10.1. The van der Waals surface area contributed by atoms with E-state index in [4.69, 9.17) is 5.26 Å². The number of benzene rings is 1. The van der Waals surface area contributed by atoms with Crippen LogP contribution in [0.2, 0.25) is 0 Å². The van der Waals surface area contributed by atoms with E-state index < -0.39 is 0 Å². The predicted molar refractivity (Wildman–Crippen MR) is 62.3 cm³/mol. The Bertz CT molecular complexity index is 554. The highest BCUT2D eigenvalue weighted by Crippen LogP contribution is 2.31. The van der Waals surface area contributed by atoms with Crippen molar-refractivity contribution in [3.63, 3.8) is 0 Å². The van der Waals surface area contributed by atoms with Crippen LogP contribution in [-0.4, -0.2) is 15.2 Å². The number of aromatic nitrogens is 3. The number of nitrogens with one attached hydrogen (secondary N) is 1. The van der Waals surface area contributed by atoms with Gasteiger partial charge < -0.3 is 0 Å². The summed E-state index contributed by atoms with van der Waals surface area (Å²) in [5, 5.41) is 15.6. The highest BCUT2D eigenvalue weighted by molar-refractivity contribution is 5.34. The molecule has 17 heavy (non-hydrogen) atoms. The molecule has 0 unspecified atom stereocenters. The lowest BCUT2D eigenvalue weighted by molar-refractivity contribution is 0.686. The molecule has 1 aromatic heterocycles. The lowest BCUT2D eigenvalue weighted by Gasteiger charge is -2.01. The summed E-state index contributed by atoms with van der Waals surface area (Å²) >= 11 is 0. The molecule has 0 saturated carbocycles. The number of hydrogen-bond acceptors (Lipinski definition) is 3. The van der Waals surface area contributed by atoms with Crippen molar-refractivity contribution in [2.24, 2.45) is 0 Å². The molecule has 0 fully saturated rings. The second kappa shape index (κ2) is 4.02. The summed E-state index contributed by atoms with van der Waals surface area (Å²) in [6.45, 7) is 0. The van der Waals surface area contributed by atoms with Crippen molar-refractivity contribution < 1.29 is 0 Å². The number of fused-ring (bicyclic) bond motifs is 1. The Kier molecular flexibility index (Phi) is 2.37. The molecular weight excluding hydrogens is 212 g/mol. The van der Waals surface area contributed by atoms with E-state index in [0.717, 1.165) is 18.7 Å². The van der Waals surface area contributed by atoms with E-state index in [-0.39, 0.29) is 0 Å². The van der Waals surface area contributed by atoms with Crippen LogP contribution in [0.15, 0.2) is 24.3 Å². The molecule has 0 bridgehead atoms. The van der Waals surface area contributed by atoms with Gasteiger partial charge in [0.1, 0.15) is 5.82 Å². The van der Waals surface area contributed by atoms with Crippen LogP contribution in [0.3, 0.4) is 0 Å². The first-order valence-electron chi connectivity index (χ1n) is 5.71. The Labute approximate surface area is 99.3 Å². The Hall–Kier alpha value is -2.15. The molecule has 1 aliphatic rings. The van der Waals surface area contributed by atoms with E-state index in [1.54, 1.807) is 0 Å². The second-order valence-corrected chi connectivity index (χ2v) is 4.35. The Morgan fingerprint density at radius 1 is 1.29 bits per heavy atom. The van der Waals surface area contributed by atoms with E-state index in [9.17, 15) is 0 Å². The van der Waals surface area contributed by atoms with Gasteiger partial charge in [-0.3, -0.25) is 5.10 Å². The van der Waals surface area contributed by atoms with Gasteiger partial charge in [-0.1, -0.05) is 24.3 Å². The van der Waals surface area contributed by atoms with Gasteiger partial charge in [0.2, 0.25) is 0 Å². The summed E-state index contributed by atoms with van der Waals surface area (Å²) in [7, 11) is 0. The average molecular weight is 224 g/mol. The van der Waals surface area contributed by atoms with Crippen molar-refractivity contribution in [1.82, 2.24) is 15.2 Å². The number of H-pyrrole nitrogens is 1. The van der Waals surface area contributed by atoms with Crippen LogP contribution in [-0.2, 0) is 19.3 Å². The number of nitrogens with zero attached hydrogens (tertiary/aromatic N) is 3. The quantitative estimate of drug-likeness (QED) is 0.845. The minimum atomic E-state index is 0.298. The third-order valence-corrected chi connectivity index (χ3v) is 3.21. The normalized spacial score (nSPS) is 14.5. The van der Waals surface area contributed by atoms with Gasteiger partial charge in [0.15, 0.2) is 5.82 Å². The number of hydrogen-bond donors (Lipinski definition) is 1. The lowest BCUT2D eigenvalue weighted by Crippen LogP contribution is -2.00. The largest absolute Gasteiger partial charge is 0.262 e. The van der Waals surface area contributed by atoms with Gasteiger partial charge in [-0.2, -0.15) is 10.4 Å². The molecular formula is C13H12N4. The summed E-state index contributed by atoms with van der Waals surface area (Å²) < 4.78 is 0. The van der Waals surface area contributed by atoms with Crippen LogP contribution < -0.4 is 0 Å². The van der Waals surface area contributed by atoms with Crippen molar-refractivity contribution >= 4 is 0 Å². The van der Waals surface area contributed by atoms with Crippen LogP contribution in [0.4, 0.5) is 0 Å². The van der Waals surface area contributed by atoms with Crippen LogP contribution in [0.5, 0.6) is 0 Å². The zero-order valence-corrected chi connectivity index (χ0v) is 9.35. The van der Waals surface area contributed by atoms with Crippen LogP contribution >= 0.6 is 0 Å². The van der Waals surface area contributed by atoms with Crippen molar-refractivity contribution in [1.29, 1.82) is 5.26 Å². The second-order valence-electron chi connectivity index (χ2n) is 4.35. The topological polar surface area (TPSA) is 65.4 Å². The molecule has 4 nitrogen and oxygen atoms in total. The minimum Gasteiger partial charge on any atom is -0.262 e. The number of nitriles is 1. The van der Waals surface area contributed by atoms with E-state index >= 15 is 0 Å². The molecule has 4 heteroatoms. The average Bonchev–Trinajstić information content (AvgIpc) is 2.94. The summed E-state index contributed by atoms with van der Waals surface area (Å²) in [6, 6.07) is 10.5. The first kappa shape index (κ1) is 10.0. The first-order valence-corrected chi connectivity index (χ1v) is 5.71. The first-order chi connectivity index (χ1) is 8.36. The van der Waals surface area contributed by atoms with Crippen molar-refractivity contribution in [2.75, 3.05) is 0 Å². The zero-order valence-electron chi connectivity index (χ0n) is 9.35. The molecule has 0 amide bonds.